The van der Waals surface area contributed by atoms with E-state index < -0.39 is 21.1 Å². The molecule has 0 bridgehead atoms. The summed E-state index contributed by atoms with van der Waals surface area (Å²) in [7, 11) is -5.27. The van der Waals surface area contributed by atoms with Gasteiger partial charge in [-0.25, -0.2) is 8.42 Å². The summed E-state index contributed by atoms with van der Waals surface area (Å²) in [6.07, 6.45) is 3.50. The molecule has 1 heterocycles. The smallest absolute Gasteiger partial charge is 0.284 e. The number of para-hydroxylation sites is 1. The second kappa shape index (κ2) is 7.65. The first-order valence-corrected chi connectivity index (χ1v) is 9.98. The van der Waals surface area contributed by atoms with Crippen molar-refractivity contribution in [2.24, 2.45) is 0 Å². The molecule has 0 spiro atoms. The molecule has 7 heteroatoms. The van der Waals surface area contributed by atoms with E-state index in [1.807, 2.05) is 42.6 Å². The van der Waals surface area contributed by atoms with Crippen LogP contribution in [0.5, 0.6) is 0 Å². The third-order valence-corrected chi connectivity index (χ3v) is 5.18. The highest BCUT2D eigenvalue weighted by Crippen LogP contribution is 2.12. The molecule has 0 amide bonds. The van der Waals surface area contributed by atoms with Gasteiger partial charge in [0.2, 0.25) is 5.52 Å². The van der Waals surface area contributed by atoms with Crippen LogP contribution in [0.2, 0.25) is 0 Å². The van der Waals surface area contributed by atoms with Gasteiger partial charge < -0.3 is 4.55 Å². The number of pyridine rings is 1. The number of nitrogens with zero attached hydrogens (tertiary/aromatic N) is 1. The van der Waals surface area contributed by atoms with E-state index in [1.54, 1.807) is 29.3 Å². The van der Waals surface area contributed by atoms with Crippen molar-refractivity contribution in [2.45, 2.75) is 11.8 Å². The Labute approximate surface area is 143 Å². The van der Waals surface area contributed by atoms with Gasteiger partial charge in [-0.1, -0.05) is 30.3 Å². The quantitative estimate of drug-likeness (QED) is 0.516. The maximum Gasteiger partial charge on any atom is 0.284 e. The van der Waals surface area contributed by atoms with Crippen molar-refractivity contribution in [3.05, 3.63) is 72.4 Å². The van der Waals surface area contributed by atoms with E-state index in [4.69, 9.17) is 0 Å². The Morgan fingerprint density at radius 3 is 2.12 bits per heavy atom. The van der Waals surface area contributed by atoms with Gasteiger partial charge in [0.05, 0.1) is 11.2 Å². The van der Waals surface area contributed by atoms with Crippen molar-refractivity contribution in [2.75, 3.05) is 6.26 Å². The summed E-state index contributed by atoms with van der Waals surface area (Å²) < 4.78 is 44.6. The van der Waals surface area contributed by atoms with Crippen LogP contribution in [0.25, 0.3) is 10.9 Å². The SMILES string of the molecule is CS(=O)[n+]1cccc2ccccc21.Cc1ccccc1S(=O)(=O)[O-]. The number of rotatable bonds is 2. The third kappa shape index (κ3) is 4.47. The summed E-state index contributed by atoms with van der Waals surface area (Å²) in [4.78, 5) is -0.139. The largest absolute Gasteiger partial charge is 0.744 e. The van der Waals surface area contributed by atoms with Gasteiger partial charge >= 0.3 is 0 Å². The molecule has 3 aromatic rings. The molecule has 2 aromatic carbocycles. The molecule has 0 aliphatic heterocycles. The van der Waals surface area contributed by atoms with E-state index in [0.717, 1.165) is 10.9 Å². The standard InChI is InChI=1S/C10H10NOS.C7H8O3S/c1-13(12)11-8-4-6-9-5-2-3-7-10(9)11;1-6-4-2-3-5-7(6)11(8,9)10/h2-8H,1H3;2-5H,1H3,(H,8,9,10)/q+1;/p-1. The molecule has 0 radical (unpaired) electrons. The van der Waals surface area contributed by atoms with Crippen LogP contribution < -0.4 is 3.97 Å². The van der Waals surface area contributed by atoms with E-state index >= 15 is 0 Å². The summed E-state index contributed by atoms with van der Waals surface area (Å²) in [5.41, 5.74) is 1.49. The zero-order chi connectivity index (χ0) is 17.7. The minimum Gasteiger partial charge on any atom is -0.744 e. The normalized spacial score (nSPS) is 12.3. The van der Waals surface area contributed by atoms with Crippen molar-refractivity contribution in [1.82, 2.24) is 0 Å². The molecule has 1 aromatic heterocycles. The first-order valence-electron chi connectivity index (χ1n) is 7.05. The molecule has 126 valence electrons. The number of hydrogen-bond donors (Lipinski definition) is 0. The van der Waals surface area contributed by atoms with Gasteiger partial charge in [0, 0.05) is 17.5 Å². The summed E-state index contributed by atoms with van der Waals surface area (Å²) in [6, 6.07) is 17.9. The lowest BCUT2D eigenvalue weighted by Crippen LogP contribution is -2.36. The topological polar surface area (TPSA) is 78.1 Å². The van der Waals surface area contributed by atoms with Gasteiger partial charge in [-0.2, -0.15) is 4.21 Å². The average molecular weight is 363 g/mol. The van der Waals surface area contributed by atoms with Crippen LogP contribution in [-0.4, -0.2) is 23.4 Å². The van der Waals surface area contributed by atoms with Gasteiger partial charge in [0.15, 0.2) is 6.20 Å². The number of aryl methyl sites for hydroxylation is 1. The van der Waals surface area contributed by atoms with Crippen molar-refractivity contribution in [3.8, 4) is 0 Å². The first kappa shape index (κ1) is 18.3. The second-order valence-electron chi connectivity index (χ2n) is 5.04. The van der Waals surface area contributed by atoms with Crippen LogP contribution in [0.3, 0.4) is 0 Å². The fourth-order valence-corrected chi connectivity index (χ4v) is 3.59. The van der Waals surface area contributed by atoms with E-state index in [0.29, 0.717) is 5.56 Å². The Morgan fingerprint density at radius 2 is 1.54 bits per heavy atom. The molecule has 1 atom stereocenters. The van der Waals surface area contributed by atoms with Gasteiger partial charge in [-0.05, 0) is 30.7 Å². The summed E-state index contributed by atoms with van der Waals surface area (Å²) in [6.45, 7) is 1.59. The van der Waals surface area contributed by atoms with Crippen molar-refractivity contribution in [1.29, 1.82) is 0 Å². The second-order valence-corrected chi connectivity index (χ2v) is 7.63. The highest BCUT2D eigenvalue weighted by Gasteiger charge is 2.10. The van der Waals surface area contributed by atoms with Gasteiger partial charge in [-0.15, -0.1) is 3.97 Å². The van der Waals surface area contributed by atoms with Crippen LogP contribution in [0.4, 0.5) is 0 Å². The molecule has 1 unspecified atom stereocenters. The van der Waals surface area contributed by atoms with Crippen molar-refractivity contribution >= 4 is 32.0 Å². The first-order chi connectivity index (χ1) is 11.3. The number of fused-ring (bicyclic) bond motifs is 1. The van der Waals surface area contributed by atoms with Crippen LogP contribution in [0.1, 0.15) is 5.56 Å². The highest BCUT2D eigenvalue weighted by molar-refractivity contribution is 7.85. The minimum absolute atomic E-state index is 0.139. The lowest BCUT2D eigenvalue weighted by Gasteiger charge is -2.08. The third-order valence-electron chi connectivity index (χ3n) is 3.31. The fourth-order valence-electron chi connectivity index (χ4n) is 2.20. The highest BCUT2D eigenvalue weighted by atomic mass is 32.2. The van der Waals surface area contributed by atoms with Crippen LogP contribution >= 0.6 is 0 Å². The van der Waals surface area contributed by atoms with E-state index in [1.165, 1.54) is 12.1 Å². The van der Waals surface area contributed by atoms with Gasteiger partial charge in [-0.3, -0.25) is 0 Å². The molecule has 5 nitrogen and oxygen atoms in total. The van der Waals surface area contributed by atoms with Gasteiger partial charge in [0.25, 0.3) is 11.0 Å². The lowest BCUT2D eigenvalue weighted by molar-refractivity contribution is -0.472. The number of benzene rings is 2. The van der Waals surface area contributed by atoms with E-state index in [2.05, 4.69) is 0 Å². The maximum atomic E-state index is 11.3. The molecule has 0 saturated heterocycles. The summed E-state index contributed by atoms with van der Waals surface area (Å²) in [5.74, 6) is 0. The minimum atomic E-state index is -4.28. The molecule has 0 fully saturated rings. The summed E-state index contributed by atoms with van der Waals surface area (Å²) in [5, 5.41) is 1.11. The van der Waals surface area contributed by atoms with Crippen LogP contribution in [0, 0.1) is 6.92 Å². The molecule has 0 N–H and O–H groups in total. The Kier molecular flexibility index (Phi) is 5.82. The molecule has 3 rings (SSSR count). The zero-order valence-electron chi connectivity index (χ0n) is 13.2. The monoisotopic (exact) mass is 363 g/mol. The molecule has 0 saturated carbocycles. The Bertz CT molecular complexity index is 979. The molecular weight excluding hydrogens is 346 g/mol. The number of hydrogen-bond acceptors (Lipinski definition) is 4. The predicted molar refractivity (Wildman–Crippen MR) is 92.7 cm³/mol. The van der Waals surface area contributed by atoms with Crippen LogP contribution in [0.15, 0.2) is 71.8 Å². The van der Waals surface area contributed by atoms with Crippen molar-refractivity contribution < 1.29 is 21.2 Å². The fraction of sp³-hybridized carbons (Fsp3) is 0.118. The van der Waals surface area contributed by atoms with Gasteiger partial charge in [0.1, 0.15) is 10.1 Å². The molecule has 24 heavy (non-hydrogen) atoms. The van der Waals surface area contributed by atoms with E-state index in [-0.39, 0.29) is 4.90 Å². The van der Waals surface area contributed by atoms with E-state index in [9.17, 15) is 17.2 Å². The average Bonchev–Trinajstić information content (AvgIpc) is 2.54. The maximum absolute atomic E-state index is 11.3. The Hall–Kier alpha value is -2.09. The summed E-state index contributed by atoms with van der Waals surface area (Å²) >= 11 is 0. The zero-order valence-corrected chi connectivity index (χ0v) is 14.9. The van der Waals surface area contributed by atoms with Crippen molar-refractivity contribution in [3.63, 3.8) is 0 Å². The Balaban J connectivity index is 0.000000177. The molecule has 0 aliphatic rings. The molecular formula is C17H17NO4S2. The molecule has 0 aliphatic carbocycles. The number of aromatic nitrogens is 1. The van der Waals surface area contributed by atoms with Crippen LogP contribution in [-0.2, 0) is 21.1 Å². The lowest BCUT2D eigenvalue weighted by atomic mass is 10.2. The Morgan fingerprint density at radius 1 is 0.958 bits per heavy atom. The predicted octanol–water partition coefficient (Wildman–Crippen LogP) is 2.17.